The molecule has 4 nitrogen and oxygen atoms in total. The molecular weight excluding hydrogens is 262 g/mol. The molecule has 0 aliphatic carbocycles. The van der Waals surface area contributed by atoms with E-state index in [-0.39, 0.29) is 24.4 Å². The zero-order valence-corrected chi connectivity index (χ0v) is 13.0. The van der Waals surface area contributed by atoms with Crippen molar-refractivity contribution in [3.63, 3.8) is 0 Å². The van der Waals surface area contributed by atoms with E-state index in [2.05, 4.69) is 30.7 Å². The predicted octanol–water partition coefficient (Wildman–Crippen LogP) is 1.98. The molecule has 0 bridgehead atoms. The van der Waals surface area contributed by atoms with E-state index < -0.39 is 0 Å². The lowest BCUT2D eigenvalue weighted by Crippen LogP contribution is -2.52. The summed E-state index contributed by atoms with van der Waals surface area (Å²) in [7, 11) is 0. The molecular formula is C14H24ClN3O. The molecule has 5 heteroatoms. The Bertz CT molecular complexity index is 456. The molecule has 2 heterocycles. The molecule has 1 amide bonds. The minimum absolute atomic E-state index is 0. The van der Waals surface area contributed by atoms with E-state index in [9.17, 15) is 4.79 Å². The molecule has 1 unspecified atom stereocenters. The largest absolute Gasteiger partial charge is 0.349 e. The summed E-state index contributed by atoms with van der Waals surface area (Å²) in [5.74, 6) is 0.178. The number of halogens is 1. The van der Waals surface area contributed by atoms with Crippen molar-refractivity contribution in [3.05, 3.63) is 23.0 Å². The number of carbonyl (C=O) groups excluding carboxylic acids is 1. The Morgan fingerprint density at radius 1 is 1.47 bits per heavy atom. The highest BCUT2D eigenvalue weighted by Crippen LogP contribution is 2.18. The number of nitrogens with one attached hydrogen (secondary N) is 1. The zero-order valence-electron chi connectivity index (χ0n) is 12.2. The molecule has 1 fully saturated rings. The van der Waals surface area contributed by atoms with Gasteiger partial charge in [0.1, 0.15) is 0 Å². The van der Waals surface area contributed by atoms with Crippen LogP contribution in [0.15, 0.2) is 6.07 Å². The molecule has 19 heavy (non-hydrogen) atoms. The maximum absolute atomic E-state index is 12.6. The Hall–Kier alpha value is -1.00. The second-order valence-corrected chi connectivity index (χ2v) is 5.08. The summed E-state index contributed by atoms with van der Waals surface area (Å²) < 4.78 is 2.19. The Labute approximate surface area is 121 Å². The molecule has 1 aliphatic heterocycles. The topological polar surface area (TPSA) is 37.3 Å². The van der Waals surface area contributed by atoms with Crippen LogP contribution < -0.4 is 5.32 Å². The molecule has 1 aromatic heterocycles. The Morgan fingerprint density at radius 2 is 2.16 bits per heavy atom. The summed E-state index contributed by atoms with van der Waals surface area (Å²) in [6.45, 7) is 11.8. The van der Waals surface area contributed by atoms with Crippen molar-refractivity contribution in [2.24, 2.45) is 0 Å². The summed E-state index contributed by atoms with van der Waals surface area (Å²) in [4.78, 5) is 14.6. The third kappa shape index (κ3) is 2.95. The monoisotopic (exact) mass is 285 g/mol. The number of rotatable bonds is 2. The fourth-order valence-electron chi connectivity index (χ4n) is 2.80. The number of nitrogens with zero attached hydrogens (tertiary/aromatic N) is 2. The van der Waals surface area contributed by atoms with Crippen LogP contribution in [-0.2, 0) is 6.54 Å². The average molecular weight is 286 g/mol. The van der Waals surface area contributed by atoms with Crippen molar-refractivity contribution >= 4 is 18.3 Å². The maximum Gasteiger partial charge on any atom is 0.256 e. The van der Waals surface area contributed by atoms with Gasteiger partial charge in [0.2, 0.25) is 0 Å². The fraction of sp³-hybridized carbons (Fsp3) is 0.643. The number of hydrogen-bond acceptors (Lipinski definition) is 2. The van der Waals surface area contributed by atoms with Gasteiger partial charge in [0.15, 0.2) is 0 Å². The molecule has 1 aromatic rings. The fourth-order valence-corrected chi connectivity index (χ4v) is 2.80. The molecule has 0 saturated carbocycles. The zero-order chi connectivity index (χ0) is 13.3. The first-order valence-electron chi connectivity index (χ1n) is 6.74. The van der Waals surface area contributed by atoms with Gasteiger partial charge in [-0.05, 0) is 33.8 Å². The van der Waals surface area contributed by atoms with Gasteiger partial charge < -0.3 is 14.8 Å². The lowest BCUT2D eigenvalue weighted by Gasteiger charge is -2.34. The van der Waals surface area contributed by atoms with Gasteiger partial charge in [-0.1, -0.05) is 0 Å². The van der Waals surface area contributed by atoms with Gasteiger partial charge in [-0.15, -0.1) is 12.4 Å². The summed E-state index contributed by atoms with van der Waals surface area (Å²) >= 11 is 0. The van der Waals surface area contributed by atoms with Crippen molar-refractivity contribution in [2.75, 3.05) is 19.6 Å². The number of carbonyl (C=O) groups is 1. The van der Waals surface area contributed by atoms with E-state index in [1.807, 2.05) is 17.9 Å². The van der Waals surface area contributed by atoms with E-state index >= 15 is 0 Å². The molecule has 0 radical (unpaired) electrons. The van der Waals surface area contributed by atoms with Crippen molar-refractivity contribution in [2.45, 2.75) is 40.3 Å². The van der Waals surface area contributed by atoms with Gasteiger partial charge in [-0.2, -0.15) is 0 Å². The van der Waals surface area contributed by atoms with Crippen LogP contribution in [0.5, 0.6) is 0 Å². The Kier molecular flexibility index (Phi) is 5.44. The Morgan fingerprint density at radius 3 is 2.68 bits per heavy atom. The maximum atomic E-state index is 12.6. The molecule has 1 aliphatic rings. The van der Waals surface area contributed by atoms with E-state index in [0.717, 1.165) is 37.4 Å². The minimum Gasteiger partial charge on any atom is -0.349 e. The molecule has 1 atom stereocenters. The molecule has 0 aromatic carbocycles. The van der Waals surface area contributed by atoms with Gasteiger partial charge in [-0.3, -0.25) is 4.79 Å². The summed E-state index contributed by atoms with van der Waals surface area (Å²) in [6.07, 6.45) is 0. The number of piperazine rings is 1. The first-order valence-corrected chi connectivity index (χ1v) is 6.74. The lowest BCUT2D eigenvalue weighted by molar-refractivity contribution is 0.0655. The molecule has 108 valence electrons. The van der Waals surface area contributed by atoms with Gasteiger partial charge in [0.05, 0.1) is 5.56 Å². The Balaban J connectivity index is 0.00000180. The van der Waals surface area contributed by atoms with Crippen LogP contribution in [0.3, 0.4) is 0 Å². The molecule has 1 saturated heterocycles. The van der Waals surface area contributed by atoms with Gasteiger partial charge in [0.25, 0.3) is 5.91 Å². The SMILES string of the molecule is CCn1c(C)cc(C(=O)N2CCNCC2C)c1C.Cl. The van der Waals surface area contributed by atoms with Crippen LogP contribution in [0.2, 0.25) is 0 Å². The average Bonchev–Trinajstić information content (AvgIpc) is 2.64. The first kappa shape index (κ1) is 16.1. The number of aromatic nitrogens is 1. The van der Waals surface area contributed by atoms with Crippen LogP contribution >= 0.6 is 12.4 Å². The van der Waals surface area contributed by atoms with E-state index in [0.29, 0.717) is 0 Å². The summed E-state index contributed by atoms with van der Waals surface area (Å²) in [5, 5.41) is 3.31. The normalized spacial score (nSPS) is 19.2. The third-order valence-electron chi connectivity index (χ3n) is 3.88. The van der Waals surface area contributed by atoms with Gasteiger partial charge in [-0.25, -0.2) is 0 Å². The molecule has 0 spiro atoms. The smallest absolute Gasteiger partial charge is 0.256 e. The molecule has 2 rings (SSSR count). The summed E-state index contributed by atoms with van der Waals surface area (Å²) in [5.41, 5.74) is 3.12. The number of amides is 1. The van der Waals surface area contributed by atoms with Crippen molar-refractivity contribution in [1.29, 1.82) is 0 Å². The highest BCUT2D eigenvalue weighted by atomic mass is 35.5. The quantitative estimate of drug-likeness (QED) is 0.902. The van der Waals surface area contributed by atoms with Crippen molar-refractivity contribution in [1.82, 2.24) is 14.8 Å². The van der Waals surface area contributed by atoms with E-state index in [1.54, 1.807) is 0 Å². The van der Waals surface area contributed by atoms with Crippen LogP contribution in [0, 0.1) is 13.8 Å². The highest BCUT2D eigenvalue weighted by Gasteiger charge is 2.26. The first-order chi connectivity index (χ1) is 8.56. The van der Waals surface area contributed by atoms with Crippen LogP contribution in [0.4, 0.5) is 0 Å². The lowest BCUT2D eigenvalue weighted by atomic mass is 10.1. The predicted molar refractivity (Wildman–Crippen MR) is 80.2 cm³/mol. The second-order valence-electron chi connectivity index (χ2n) is 5.08. The molecule has 1 N–H and O–H groups in total. The number of aryl methyl sites for hydroxylation is 1. The van der Waals surface area contributed by atoms with Gasteiger partial charge >= 0.3 is 0 Å². The van der Waals surface area contributed by atoms with Crippen molar-refractivity contribution in [3.8, 4) is 0 Å². The number of hydrogen-bond donors (Lipinski definition) is 1. The third-order valence-corrected chi connectivity index (χ3v) is 3.88. The van der Waals surface area contributed by atoms with Gasteiger partial charge in [0, 0.05) is 43.6 Å². The minimum atomic E-state index is 0. The van der Waals surface area contributed by atoms with Crippen LogP contribution in [-0.4, -0.2) is 41.1 Å². The summed E-state index contributed by atoms with van der Waals surface area (Å²) in [6, 6.07) is 2.30. The highest BCUT2D eigenvalue weighted by molar-refractivity contribution is 5.96. The second kappa shape index (κ2) is 6.44. The van der Waals surface area contributed by atoms with E-state index in [4.69, 9.17) is 0 Å². The van der Waals surface area contributed by atoms with Crippen LogP contribution in [0.25, 0.3) is 0 Å². The van der Waals surface area contributed by atoms with Crippen LogP contribution in [0.1, 0.15) is 35.6 Å². The standard InChI is InChI=1S/C14H23N3O.ClH/c1-5-16-10(2)8-13(12(16)4)14(18)17-7-6-15-9-11(17)3;/h8,11,15H,5-7,9H2,1-4H3;1H. The van der Waals surface area contributed by atoms with Crippen molar-refractivity contribution < 1.29 is 4.79 Å². The van der Waals surface area contributed by atoms with E-state index in [1.165, 1.54) is 5.69 Å².